The molecule has 0 bridgehead atoms. The molecule has 0 aliphatic carbocycles. The molecule has 4 N–H and O–H groups in total. The molecule has 0 saturated heterocycles. The summed E-state index contributed by atoms with van der Waals surface area (Å²) in [5.41, 5.74) is 4.33. The molecule has 9 nitrogen and oxygen atoms in total. The van der Waals surface area contributed by atoms with Gasteiger partial charge in [-0.15, -0.1) is 4.91 Å². The van der Waals surface area contributed by atoms with E-state index < -0.39 is 5.54 Å². The minimum atomic E-state index is -0.800. The number of anilines is 2. The number of amides is 1. The summed E-state index contributed by atoms with van der Waals surface area (Å²) in [6.07, 6.45) is 1.54. The second-order valence-corrected chi connectivity index (χ2v) is 9.88. The van der Waals surface area contributed by atoms with Gasteiger partial charge in [-0.2, -0.15) is 5.10 Å². The van der Waals surface area contributed by atoms with Crippen molar-refractivity contribution < 1.29 is 9.53 Å². The Labute approximate surface area is 225 Å². The lowest BCUT2D eigenvalue weighted by Crippen LogP contribution is -2.29. The van der Waals surface area contributed by atoms with Crippen LogP contribution >= 0.6 is 11.9 Å². The molecule has 0 atom stereocenters. The zero-order chi connectivity index (χ0) is 27.0. The molecule has 196 valence electrons. The summed E-state index contributed by atoms with van der Waals surface area (Å²) in [4.78, 5) is 24.2. The van der Waals surface area contributed by atoms with Gasteiger partial charge >= 0.3 is 0 Å². The number of methoxy groups -OCH3 is 1. The molecule has 0 aliphatic rings. The number of nitroso groups, excluding NO2 is 1. The smallest absolute Gasteiger partial charge is 0.269 e. The van der Waals surface area contributed by atoms with Crippen molar-refractivity contribution in [1.82, 2.24) is 15.5 Å². The van der Waals surface area contributed by atoms with Crippen molar-refractivity contribution in [3.05, 3.63) is 95.2 Å². The number of hydrogen-bond acceptors (Lipinski definition) is 8. The Balaban J connectivity index is 1.39. The van der Waals surface area contributed by atoms with Gasteiger partial charge in [0.05, 0.1) is 12.0 Å². The first-order valence-corrected chi connectivity index (χ1v) is 12.9. The molecule has 1 amide bonds. The Bertz CT molecular complexity index is 1390. The van der Waals surface area contributed by atoms with Crippen molar-refractivity contribution in [1.29, 1.82) is 0 Å². The average Bonchev–Trinajstić information content (AvgIpc) is 3.50. The molecule has 38 heavy (non-hydrogen) atoms. The molecule has 1 aromatic heterocycles. The second kappa shape index (κ2) is 12.3. The van der Waals surface area contributed by atoms with Crippen molar-refractivity contribution >= 4 is 29.2 Å². The molecule has 0 fully saturated rings. The van der Waals surface area contributed by atoms with E-state index in [9.17, 15) is 9.70 Å². The molecule has 1 heterocycles. The van der Waals surface area contributed by atoms with Gasteiger partial charge in [-0.25, -0.2) is 0 Å². The molecule has 0 saturated carbocycles. The predicted molar refractivity (Wildman–Crippen MR) is 153 cm³/mol. The monoisotopic (exact) mass is 530 g/mol. The number of ether oxygens (including phenoxy) is 1. The Hall–Kier alpha value is -4.31. The van der Waals surface area contributed by atoms with E-state index in [-0.39, 0.29) is 5.91 Å². The third-order valence-electron chi connectivity index (χ3n) is 5.92. The van der Waals surface area contributed by atoms with E-state index in [4.69, 9.17) is 4.74 Å². The van der Waals surface area contributed by atoms with Gasteiger partial charge in [0.1, 0.15) is 17.0 Å². The summed E-state index contributed by atoms with van der Waals surface area (Å²) in [5, 5.41) is 15.8. The third kappa shape index (κ3) is 6.71. The number of carbonyl (C=O) groups is 1. The van der Waals surface area contributed by atoms with Crippen LogP contribution in [0.1, 0.15) is 29.9 Å². The van der Waals surface area contributed by atoms with Crippen molar-refractivity contribution in [3.63, 3.8) is 0 Å². The zero-order valence-electron chi connectivity index (χ0n) is 21.4. The van der Waals surface area contributed by atoms with Crippen molar-refractivity contribution in [3.8, 4) is 16.9 Å². The maximum atomic E-state index is 12.0. The summed E-state index contributed by atoms with van der Waals surface area (Å²) in [6, 6.07) is 23.4. The minimum Gasteiger partial charge on any atom is -0.496 e. The molecular formula is C28H30N6O3S. The van der Waals surface area contributed by atoms with Crippen LogP contribution in [-0.4, -0.2) is 36.3 Å². The minimum absolute atomic E-state index is 0.192. The lowest BCUT2D eigenvalue weighted by molar-refractivity contribution is 0.0950. The van der Waals surface area contributed by atoms with Crippen LogP contribution in [0.3, 0.4) is 0 Å². The first-order chi connectivity index (χ1) is 18.4. The van der Waals surface area contributed by atoms with Crippen LogP contribution in [0.15, 0.2) is 89.1 Å². The summed E-state index contributed by atoms with van der Waals surface area (Å²) in [7, 11) is 1.65. The lowest BCUT2D eigenvalue weighted by Gasteiger charge is -2.17. The Morgan fingerprint density at radius 1 is 1.00 bits per heavy atom. The van der Waals surface area contributed by atoms with Gasteiger partial charge in [-0.05, 0) is 85.0 Å². The van der Waals surface area contributed by atoms with Crippen LogP contribution in [0.4, 0.5) is 11.4 Å². The van der Waals surface area contributed by atoms with Crippen molar-refractivity contribution in [2.24, 2.45) is 5.18 Å². The number of benzene rings is 3. The number of carbonyl (C=O) groups excluding carboxylic acids is 1. The van der Waals surface area contributed by atoms with Crippen LogP contribution in [0.5, 0.6) is 5.75 Å². The van der Waals surface area contributed by atoms with Gasteiger partial charge in [-0.3, -0.25) is 9.89 Å². The second-order valence-electron chi connectivity index (χ2n) is 9.03. The van der Waals surface area contributed by atoms with Gasteiger partial charge in [-0.1, -0.05) is 35.5 Å². The van der Waals surface area contributed by atoms with Gasteiger partial charge < -0.3 is 20.1 Å². The van der Waals surface area contributed by atoms with Gasteiger partial charge in [0.2, 0.25) is 0 Å². The molecule has 4 aromatic rings. The fraction of sp³-hybridized carbons (Fsp3) is 0.214. The molecule has 4 rings (SSSR count). The van der Waals surface area contributed by atoms with Crippen molar-refractivity contribution in [2.45, 2.75) is 24.3 Å². The topological polar surface area (TPSA) is 120 Å². The molecule has 0 aliphatic heterocycles. The number of rotatable bonds is 12. The lowest BCUT2D eigenvalue weighted by atomic mass is 9.92. The third-order valence-corrected chi connectivity index (χ3v) is 6.80. The quantitative estimate of drug-likeness (QED) is 0.1000. The molecular weight excluding hydrogens is 500 g/mol. The highest BCUT2D eigenvalue weighted by atomic mass is 32.2. The van der Waals surface area contributed by atoms with Crippen LogP contribution in [-0.2, 0) is 5.54 Å². The number of aromatic amines is 1. The molecule has 10 heteroatoms. The van der Waals surface area contributed by atoms with Crippen LogP contribution in [0.25, 0.3) is 11.1 Å². The fourth-order valence-corrected chi connectivity index (χ4v) is 4.53. The highest BCUT2D eigenvalue weighted by Crippen LogP contribution is 2.36. The van der Waals surface area contributed by atoms with E-state index in [1.165, 1.54) is 11.9 Å². The van der Waals surface area contributed by atoms with Crippen molar-refractivity contribution in [2.75, 3.05) is 30.2 Å². The fourth-order valence-electron chi connectivity index (χ4n) is 3.74. The first kappa shape index (κ1) is 26.7. The van der Waals surface area contributed by atoms with E-state index in [0.29, 0.717) is 18.8 Å². The van der Waals surface area contributed by atoms with Crippen LogP contribution in [0, 0.1) is 4.91 Å². The maximum absolute atomic E-state index is 12.0. The van der Waals surface area contributed by atoms with E-state index in [1.807, 2.05) is 60.7 Å². The Morgan fingerprint density at radius 2 is 1.79 bits per heavy atom. The normalized spacial score (nSPS) is 11.0. The number of nitrogens with zero attached hydrogens (tertiary/aromatic N) is 2. The molecule has 0 radical (unpaired) electrons. The van der Waals surface area contributed by atoms with E-state index in [2.05, 4.69) is 36.8 Å². The number of hydrogen-bond donors (Lipinski definition) is 4. The largest absolute Gasteiger partial charge is 0.496 e. The SMILES string of the molecule is COc1ccc(-c2cccc(C(C)(C)N=O)c2)cc1SNc1cccc(NCCNC(=O)c2ccn[nH]2)c1. The predicted octanol–water partition coefficient (Wildman–Crippen LogP) is 6.05. The number of H-pyrrole nitrogens is 1. The van der Waals surface area contributed by atoms with E-state index in [0.717, 1.165) is 38.7 Å². The molecule has 0 unspecified atom stereocenters. The number of aromatic nitrogens is 2. The Morgan fingerprint density at radius 3 is 2.55 bits per heavy atom. The van der Waals surface area contributed by atoms with Crippen LogP contribution < -0.4 is 20.1 Å². The summed E-state index contributed by atoms with van der Waals surface area (Å²) < 4.78 is 8.97. The highest BCUT2D eigenvalue weighted by molar-refractivity contribution is 8.00. The standard InChI is InChI=1S/C28H30N6O3S/c1-28(2,34-36)21-7-4-6-19(16-21)20-10-11-25(37-3)26(17-20)38-33-23-9-5-8-22(18-23)29-14-15-30-27(35)24-12-13-31-32-24/h4-13,16-18,29,33H,14-15H2,1-3H3,(H,30,35)(H,31,32). The van der Waals surface area contributed by atoms with Gasteiger partial charge in [0.25, 0.3) is 5.91 Å². The first-order valence-electron chi connectivity index (χ1n) is 12.1. The molecule has 3 aromatic carbocycles. The van der Waals surface area contributed by atoms with Gasteiger partial charge in [0, 0.05) is 30.7 Å². The summed E-state index contributed by atoms with van der Waals surface area (Å²) in [6.45, 7) is 4.65. The summed E-state index contributed by atoms with van der Waals surface area (Å²) >= 11 is 1.45. The average molecular weight is 531 g/mol. The Kier molecular flexibility index (Phi) is 8.65. The number of nitrogens with one attached hydrogen (secondary N) is 4. The zero-order valence-corrected chi connectivity index (χ0v) is 22.3. The van der Waals surface area contributed by atoms with E-state index >= 15 is 0 Å². The highest BCUT2D eigenvalue weighted by Gasteiger charge is 2.21. The summed E-state index contributed by atoms with van der Waals surface area (Å²) in [5.74, 6) is 0.558. The van der Waals surface area contributed by atoms with Gasteiger partial charge in [0.15, 0.2) is 0 Å². The molecule has 0 spiro atoms. The maximum Gasteiger partial charge on any atom is 0.269 e. The van der Waals surface area contributed by atoms with Crippen LogP contribution in [0.2, 0.25) is 0 Å². The van der Waals surface area contributed by atoms with E-state index in [1.54, 1.807) is 33.2 Å².